The number of rotatable bonds is 5. The van der Waals surface area contributed by atoms with E-state index in [0.29, 0.717) is 16.9 Å². The molecule has 0 saturated carbocycles. The first kappa shape index (κ1) is 12.1. The second kappa shape index (κ2) is 5.80. The smallest absolute Gasteiger partial charge is 0.250 e. The lowest BCUT2D eigenvalue weighted by molar-refractivity contribution is 0.100. The third-order valence-electron chi connectivity index (χ3n) is 2.17. The van der Waals surface area contributed by atoms with E-state index in [4.69, 9.17) is 11.5 Å². The summed E-state index contributed by atoms with van der Waals surface area (Å²) < 4.78 is 0. The van der Waals surface area contributed by atoms with Crippen LogP contribution in [0.1, 0.15) is 23.7 Å². The number of hydrogen-bond donors (Lipinski definition) is 3. The van der Waals surface area contributed by atoms with Crippen LogP contribution in [0, 0.1) is 0 Å². The molecule has 0 saturated heterocycles. The molecule has 0 radical (unpaired) electrons. The van der Waals surface area contributed by atoms with Gasteiger partial charge in [-0.25, -0.2) is 0 Å². The number of hydrogen-bond acceptors (Lipinski definition) is 3. The largest absolute Gasteiger partial charge is 0.399 e. The standard InChI is InChI=1S/C12H17N3O/c1-2-3-4-7-15-11-8-9(13)5-6-10(11)12(14)16/h2-3,5-6,8,15H,4,7,13H2,1H3,(H2,14,16)/b3-2+. The first-order valence-electron chi connectivity index (χ1n) is 5.19. The number of primary amides is 1. The third kappa shape index (κ3) is 3.31. The highest BCUT2D eigenvalue weighted by Crippen LogP contribution is 2.18. The second-order valence-corrected chi connectivity index (χ2v) is 3.45. The summed E-state index contributed by atoms with van der Waals surface area (Å²) in [5.41, 5.74) is 12.7. The van der Waals surface area contributed by atoms with Gasteiger partial charge >= 0.3 is 0 Å². The van der Waals surface area contributed by atoms with Crippen molar-refractivity contribution in [1.82, 2.24) is 0 Å². The Kier molecular flexibility index (Phi) is 4.39. The fourth-order valence-corrected chi connectivity index (χ4v) is 1.38. The van der Waals surface area contributed by atoms with Gasteiger partial charge in [0.15, 0.2) is 0 Å². The summed E-state index contributed by atoms with van der Waals surface area (Å²) in [6, 6.07) is 5.02. The summed E-state index contributed by atoms with van der Waals surface area (Å²) in [6.45, 7) is 2.71. The van der Waals surface area contributed by atoms with E-state index in [-0.39, 0.29) is 0 Å². The molecule has 1 rings (SSSR count). The zero-order valence-corrected chi connectivity index (χ0v) is 9.36. The van der Waals surface area contributed by atoms with E-state index in [1.54, 1.807) is 18.2 Å². The number of anilines is 2. The average molecular weight is 219 g/mol. The Labute approximate surface area is 95.3 Å². The van der Waals surface area contributed by atoms with Crippen LogP contribution < -0.4 is 16.8 Å². The predicted octanol–water partition coefficient (Wildman–Crippen LogP) is 1.75. The Bertz CT molecular complexity index is 399. The lowest BCUT2D eigenvalue weighted by Crippen LogP contribution is -2.15. The van der Waals surface area contributed by atoms with Gasteiger partial charge in [-0.05, 0) is 31.5 Å². The van der Waals surface area contributed by atoms with Crippen molar-refractivity contribution in [3.63, 3.8) is 0 Å². The molecule has 0 unspecified atom stereocenters. The van der Waals surface area contributed by atoms with Gasteiger partial charge in [-0.1, -0.05) is 12.2 Å². The molecule has 4 nitrogen and oxygen atoms in total. The van der Waals surface area contributed by atoms with Gasteiger partial charge in [0, 0.05) is 17.9 Å². The number of carbonyl (C=O) groups is 1. The maximum atomic E-state index is 11.1. The number of carbonyl (C=O) groups excluding carboxylic acids is 1. The van der Waals surface area contributed by atoms with Gasteiger partial charge in [0.1, 0.15) is 0 Å². The quantitative estimate of drug-likeness (QED) is 0.401. The number of amides is 1. The number of nitrogens with one attached hydrogen (secondary N) is 1. The van der Waals surface area contributed by atoms with Crippen LogP contribution in [-0.2, 0) is 0 Å². The molecule has 0 fully saturated rings. The predicted molar refractivity (Wildman–Crippen MR) is 67.3 cm³/mol. The molecule has 0 aromatic heterocycles. The Hall–Kier alpha value is -1.97. The minimum Gasteiger partial charge on any atom is -0.399 e. The Balaban J connectivity index is 2.76. The van der Waals surface area contributed by atoms with Crippen LogP contribution in [0.4, 0.5) is 11.4 Å². The highest BCUT2D eigenvalue weighted by Gasteiger charge is 2.07. The molecular formula is C12H17N3O. The molecule has 0 heterocycles. The van der Waals surface area contributed by atoms with Gasteiger partial charge in [-0.3, -0.25) is 4.79 Å². The molecule has 0 atom stereocenters. The second-order valence-electron chi connectivity index (χ2n) is 3.45. The average Bonchev–Trinajstić information content (AvgIpc) is 2.24. The molecule has 1 aromatic carbocycles. The molecule has 0 spiro atoms. The van der Waals surface area contributed by atoms with E-state index in [2.05, 4.69) is 5.32 Å². The zero-order chi connectivity index (χ0) is 12.0. The molecule has 1 amide bonds. The molecule has 0 aliphatic rings. The minimum atomic E-state index is -0.450. The molecule has 4 heteroatoms. The summed E-state index contributed by atoms with van der Waals surface area (Å²) in [4.78, 5) is 11.1. The minimum absolute atomic E-state index is 0.450. The van der Waals surface area contributed by atoms with Crippen molar-refractivity contribution in [3.05, 3.63) is 35.9 Å². The number of benzene rings is 1. The van der Waals surface area contributed by atoms with Gasteiger partial charge in [-0.2, -0.15) is 0 Å². The van der Waals surface area contributed by atoms with Crippen molar-refractivity contribution in [3.8, 4) is 0 Å². The lowest BCUT2D eigenvalue weighted by Gasteiger charge is -2.09. The van der Waals surface area contributed by atoms with Crippen LogP contribution >= 0.6 is 0 Å². The Morgan fingerprint density at radius 3 is 2.88 bits per heavy atom. The number of allylic oxidation sites excluding steroid dienone is 1. The van der Waals surface area contributed by atoms with Crippen molar-refractivity contribution in [1.29, 1.82) is 0 Å². The van der Waals surface area contributed by atoms with Crippen molar-refractivity contribution >= 4 is 17.3 Å². The van der Waals surface area contributed by atoms with Crippen LogP contribution in [0.3, 0.4) is 0 Å². The SMILES string of the molecule is C/C=C/CCNc1cc(N)ccc1C(N)=O. The van der Waals surface area contributed by atoms with Crippen molar-refractivity contribution in [2.24, 2.45) is 5.73 Å². The van der Waals surface area contributed by atoms with Crippen molar-refractivity contribution in [2.45, 2.75) is 13.3 Å². The molecule has 5 N–H and O–H groups in total. The summed E-state index contributed by atoms with van der Waals surface area (Å²) in [7, 11) is 0. The van der Waals surface area contributed by atoms with Crippen LogP contribution in [0.2, 0.25) is 0 Å². The normalized spacial score (nSPS) is 10.6. The molecule has 0 bridgehead atoms. The lowest BCUT2D eigenvalue weighted by atomic mass is 10.1. The van der Waals surface area contributed by atoms with E-state index in [1.165, 1.54) is 0 Å². The number of nitrogens with two attached hydrogens (primary N) is 2. The van der Waals surface area contributed by atoms with Crippen LogP contribution in [0.15, 0.2) is 30.4 Å². The molecular weight excluding hydrogens is 202 g/mol. The molecule has 86 valence electrons. The van der Waals surface area contributed by atoms with Gasteiger partial charge in [-0.15, -0.1) is 0 Å². The summed E-state index contributed by atoms with van der Waals surface area (Å²) in [5, 5.41) is 3.14. The zero-order valence-electron chi connectivity index (χ0n) is 9.36. The number of nitrogen functional groups attached to an aromatic ring is 1. The monoisotopic (exact) mass is 219 g/mol. The van der Waals surface area contributed by atoms with Gasteiger partial charge in [0.25, 0.3) is 5.91 Å². The van der Waals surface area contributed by atoms with Crippen LogP contribution in [0.25, 0.3) is 0 Å². The molecule has 0 aliphatic heterocycles. The van der Waals surface area contributed by atoms with E-state index < -0.39 is 5.91 Å². The maximum Gasteiger partial charge on any atom is 0.250 e. The van der Waals surface area contributed by atoms with Crippen molar-refractivity contribution in [2.75, 3.05) is 17.6 Å². The van der Waals surface area contributed by atoms with Gasteiger partial charge in [0.05, 0.1) is 5.56 Å². The first-order chi connectivity index (χ1) is 7.65. The fraction of sp³-hybridized carbons (Fsp3) is 0.250. The Morgan fingerprint density at radius 1 is 1.50 bits per heavy atom. The molecule has 0 aliphatic carbocycles. The van der Waals surface area contributed by atoms with E-state index >= 15 is 0 Å². The van der Waals surface area contributed by atoms with Crippen molar-refractivity contribution < 1.29 is 4.79 Å². The highest BCUT2D eigenvalue weighted by atomic mass is 16.1. The first-order valence-corrected chi connectivity index (χ1v) is 5.19. The fourth-order valence-electron chi connectivity index (χ4n) is 1.38. The topological polar surface area (TPSA) is 81.1 Å². The van der Waals surface area contributed by atoms with E-state index in [9.17, 15) is 4.79 Å². The highest BCUT2D eigenvalue weighted by molar-refractivity contribution is 5.99. The maximum absolute atomic E-state index is 11.1. The van der Waals surface area contributed by atoms with Crippen LogP contribution in [0.5, 0.6) is 0 Å². The molecule has 1 aromatic rings. The van der Waals surface area contributed by atoms with Gasteiger partial charge < -0.3 is 16.8 Å². The van der Waals surface area contributed by atoms with Gasteiger partial charge in [0.2, 0.25) is 0 Å². The summed E-state index contributed by atoms with van der Waals surface area (Å²) in [5.74, 6) is -0.450. The molecule has 16 heavy (non-hydrogen) atoms. The van der Waals surface area contributed by atoms with E-state index in [1.807, 2.05) is 19.1 Å². The Morgan fingerprint density at radius 2 is 2.25 bits per heavy atom. The summed E-state index contributed by atoms with van der Waals surface area (Å²) >= 11 is 0. The van der Waals surface area contributed by atoms with E-state index in [0.717, 1.165) is 13.0 Å². The third-order valence-corrected chi connectivity index (χ3v) is 2.17. The summed E-state index contributed by atoms with van der Waals surface area (Å²) in [6.07, 6.45) is 4.92. The van der Waals surface area contributed by atoms with Crippen LogP contribution in [-0.4, -0.2) is 12.5 Å².